The fourth-order valence-electron chi connectivity index (χ4n) is 0.272. The van der Waals surface area contributed by atoms with E-state index in [1.54, 1.807) is 5.53 Å². The van der Waals surface area contributed by atoms with Gasteiger partial charge in [-0.05, 0) is 10.1 Å². The molecular formula is C5HN9O. The van der Waals surface area contributed by atoms with Crippen LogP contribution in [0, 0.1) is 40.3 Å². The maximum Gasteiger partial charge on any atom is 0.190 e. The summed E-state index contributed by atoms with van der Waals surface area (Å²) >= 11 is 0. The molecule has 0 fully saturated rings. The molecule has 0 aromatic carbocycles. The molecule has 0 aliphatic heterocycles. The number of hydrogen-bond acceptors (Lipinski definition) is 5. The van der Waals surface area contributed by atoms with Gasteiger partial charge in [-0.1, -0.05) is 10.4 Å². The predicted octanol–water partition coefficient (Wildman–Crippen LogP) is 0.534. The van der Waals surface area contributed by atoms with Gasteiger partial charge in [0.15, 0.2) is 11.3 Å². The summed E-state index contributed by atoms with van der Waals surface area (Å²) in [5.74, 6) is 6.28. The maximum absolute atomic E-state index is 10.3. The summed E-state index contributed by atoms with van der Waals surface area (Å²) in [7, 11) is 0. The summed E-state index contributed by atoms with van der Waals surface area (Å²) in [5.41, 5.74) is 9.55. The molecule has 0 unspecified atom stereocenters. The Kier molecular flexibility index (Phi) is 6.89. The first kappa shape index (κ1) is 11.7. The Morgan fingerprint density at radius 3 is 2.87 bits per heavy atom. The number of hydrogen-bond donors (Lipinski definition) is 1. The summed E-state index contributed by atoms with van der Waals surface area (Å²) < 4.78 is 0. The van der Waals surface area contributed by atoms with Crippen LogP contribution in [0.3, 0.4) is 0 Å². The third-order valence-electron chi connectivity index (χ3n) is 0.628. The molecule has 0 atom stereocenters. The van der Waals surface area contributed by atoms with Crippen LogP contribution in [0.4, 0.5) is 0 Å². The molecule has 0 amide bonds. The molecule has 0 rings (SSSR count). The molecule has 0 bridgehead atoms. The van der Waals surface area contributed by atoms with Gasteiger partial charge in [0.2, 0.25) is 0 Å². The number of azide groups is 1. The van der Waals surface area contributed by atoms with E-state index in [4.69, 9.17) is 10.8 Å². The molecule has 1 N–H and O–H groups in total. The molecular weight excluding hydrogens is 202 g/mol. The van der Waals surface area contributed by atoms with Gasteiger partial charge in [-0.2, -0.15) is 5.26 Å². The standard InChI is InChI=1S/C5HN9O/c6-4-2-1-3-5-8-10-11-13-14(15)12-9-7/h(H,8,11). The normalized spacial score (nSPS) is 8.60. The molecule has 0 saturated heterocycles. The first-order valence-electron chi connectivity index (χ1n) is 3.08. The second-order valence-electron chi connectivity index (χ2n) is 1.43. The highest BCUT2D eigenvalue weighted by molar-refractivity contribution is 5.31. The first-order chi connectivity index (χ1) is 7.31. The minimum absolute atomic E-state index is 0.345. The molecule has 72 valence electrons. The van der Waals surface area contributed by atoms with Crippen molar-refractivity contribution in [3.63, 3.8) is 0 Å². The van der Waals surface area contributed by atoms with Gasteiger partial charge < -0.3 is 5.21 Å². The van der Waals surface area contributed by atoms with Crippen molar-refractivity contribution in [1.29, 1.82) is 5.26 Å². The quantitative estimate of drug-likeness (QED) is 0.178. The first-order valence-corrected chi connectivity index (χ1v) is 3.08. The Labute approximate surface area is 83.0 Å². The Balaban J connectivity index is 4.01. The van der Waals surface area contributed by atoms with E-state index in [0.29, 0.717) is 0 Å². The minimum atomic E-state index is -0.345. The van der Waals surface area contributed by atoms with E-state index < -0.39 is 0 Å². The van der Waals surface area contributed by atoms with Crippen LogP contribution in [0.15, 0.2) is 20.8 Å². The lowest BCUT2D eigenvalue weighted by Crippen LogP contribution is -1.98. The Hall–Kier alpha value is -3.28. The largest absolute Gasteiger partial charge is 0.650 e. The van der Waals surface area contributed by atoms with Crippen LogP contribution in [-0.2, 0) is 0 Å². The van der Waals surface area contributed by atoms with Crippen LogP contribution in [-0.4, -0.2) is 4.97 Å². The second kappa shape index (κ2) is 8.81. The van der Waals surface area contributed by atoms with Gasteiger partial charge in [0.05, 0.1) is 16.5 Å². The van der Waals surface area contributed by atoms with Crippen molar-refractivity contribution >= 4 is 0 Å². The summed E-state index contributed by atoms with van der Waals surface area (Å²) in [6.07, 6.45) is 0. The van der Waals surface area contributed by atoms with Gasteiger partial charge in [-0.3, -0.25) is 0 Å². The highest BCUT2D eigenvalue weighted by Crippen LogP contribution is 1.75. The van der Waals surface area contributed by atoms with Crippen LogP contribution in [0.1, 0.15) is 0 Å². The second-order valence-corrected chi connectivity index (χ2v) is 1.43. The molecule has 0 aliphatic carbocycles. The molecule has 0 aliphatic rings. The molecule has 0 aromatic heterocycles. The molecule has 10 heteroatoms. The van der Waals surface area contributed by atoms with Gasteiger partial charge in [0.1, 0.15) is 0 Å². The minimum Gasteiger partial charge on any atom is -0.650 e. The monoisotopic (exact) mass is 203 g/mol. The van der Waals surface area contributed by atoms with Crippen LogP contribution in [0.5, 0.6) is 0 Å². The van der Waals surface area contributed by atoms with E-state index in [1.807, 2.05) is 5.92 Å². The van der Waals surface area contributed by atoms with Crippen molar-refractivity contribution in [2.75, 3.05) is 0 Å². The molecule has 15 heavy (non-hydrogen) atoms. The smallest absolute Gasteiger partial charge is 0.190 e. The van der Waals surface area contributed by atoms with Crippen LogP contribution >= 0.6 is 0 Å². The lowest BCUT2D eigenvalue weighted by atomic mass is 10.6. The van der Waals surface area contributed by atoms with Crippen molar-refractivity contribution in [1.82, 2.24) is 5.53 Å². The van der Waals surface area contributed by atoms with E-state index >= 15 is 0 Å². The molecule has 0 heterocycles. The third kappa shape index (κ3) is 8.63. The maximum atomic E-state index is 10.3. The van der Waals surface area contributed by atoms with Gasteiger partial charge in [0.25, 0.3) is 0 Å². The van der Waals surface area contributed by atoms with E-state index in [0.717, 1.165) is 0 Å². The predicted molar refractivity (Wildman–Crippen MR) is 44.4 cm³/mol. The van der Waals surface area contributed by atoms with E-state index in [1.165, 1.54) is 6.07 Å². The fraction of sp³-hybridized carbons (Fsp3) is 0. The third-order valence-corrected chi connectivity index (χ3v) is 0.628. The van der Waals surface area contributed by atoms with Crippen molar-refractivity contribution < 1.29 is 4.97 Å². The van der Waals surface area contributed by atoms with Gasteiger partial charge in [-0.25, -0.2) is 0 Å². The SMILES string of the molecule is N#CC#CC#CN=NNN=[N+]([O-])N=[N+]=[N-]. The topological polar surface area (TPSA) is 148 Å². The lowest BCUT2D eigenvalue weighted by Gasteiger charge is -1.86. The number of nitriles is 1. The van der Waals surface area contributed by atoms with Gasteiger partial charge in [0, 0.05) is 23.3 Å². The average molecular weight is 203 g/mol. The summed E-state index contributed by atoms with van der Waals surface area (Å²) in [4.78, 5) is 1.79. The summed E-state index contributed by atoms with van der Waals surface area (Å²) in [6, 6.07) is 3.60. The van der Waals surface area contributed by atoms with E-state index in [-0.39, 0.29) is 4.97 Å². The lowest BCUT2D eigenvalue weighted by molar-refractivity contribution is -0.543. The number of nitrogens with one attached hydrogen (secondary N) is 1. The van der Waals surface area contributed by atoms with Crippen LogP contribution in [0.2, 0.25) is 0 Å². The molecule has 0 aromatic rings. The Bertz CT molecular complexity index is 469. The van der Waals surface area contributed by atoms with Crippen LogP contribution < -0.4 is 5.53 Å². The Morgan fingerprint density at radius 1 is 1.40 bits per heavy atom. The zero-order valence-electron chi connectivity index (χ0n) is 6.99. The van der Waals surface area contributed by atoms with E-state index in [2.05, 4.69) is 43.6 Å². The Morgan fingerprint density at radius 2 is 2.20 bits per heavy atom. The van der Waals surface area contributed by atoms with Crippen molar-refractivity contribution in [3.8, 4) is 29.9 Å². The highest BCUT2D eigenvalue weighted by atomic mass is 16.5. The molecule has 0 spiro atoms. The fourth-order valence-corrected chi connectivity index (χ4v) is 0.272. The van der Waals surface area contributed by atoms with Crippen molar-refractivity contribution in [2.24, 2.45) is 20.8 Å². The molecule has 0 radical (unpaired) electrons. The molecule has 10 nitrogen and oxygen atoms in total. The zero-order valence-corrected chi connectivity index (χ0v) is 6.99. The zero-order chi connectivity index (χ0) is 11.4. The van der Waals surface area contributed by atoms with Crippen molar-refractivity contribution in [2.45, 2.75) is 0 Å². The van der Waals surface area contributed by atoms with E-state index in [9.17, 15) is 5.21 Å². The van der Waals surface area contributed by atoms with Gasteiger partial charge in [-0.15, -0.1) is 0 Å². The molecule has 0 saturated carbocycles. The summed E-state index contributed by atoms with van der Waals surface area (Å²) in [5, 5.41) is 29.8. The summed E-state index contributed by atoms with van der Waals surface area (Å²) in [6.45, 7) is 0. The van der Waals surface area contributed by atoms with Crippen molar-refractivity contribution in [3.05, 3.63) is 15.7 Å². The highest BCUT2D eigenvalue weighted by Gasteiger charge is 1.83. The number of rotatable bonds is 3. The average Bonchev–Trinajstić information content (AvgIpc) is 2.22. The number of nitrogens with zero attached hydrogens (tertiary/aromatic N) is 8. The van der Waals surface area contributed by atoms with Crippen LogP contribution in [0.25, 0.3) is 10.4 Å². The van der Waals surface area contributed by atoms with Gasteiger partial charge >= 0.3 is 0 Å².